The predicted molar refractivity (Wildman–Crippen MR) is 99.5 cm³/mol. The van der Waals surface area contributed by atoms with Crippen LogP contribution in [0.5, 0.6) is 5.88 Å². The van der Waals surface area contributed by atoms with Gasteiger partial charge in [-0.3, -0.25) is 4.21 Å². The van der Waals surface area contributed by atoms with Crippen molar-refractivity contribution in [3.05, 3.63) is 16.8 Å². The van der Waals surface area contributed by atoms with E-state index < -0.39 is 10.8 Å². The Hall–Kier alpha value is -1.01. The SMILES string of the molecule is CCS(=O)C[C@H]1CCc2sc3ncnc(OC4CCCCC4)c3c21. The van der Waals surface area contributed by atoms with E-state index in [4.69, 9.17) is 4.74 Å². The number of fused-ring (bicyclic) bond motifs is 3. The van der Waals surface area contributed by atoms with E-state index in [9.17, 15) is 4.21 Å². The summed E-state index contributed by atoms with van der Waals surface area (Å²) >= 11 is 1.77. The van der Waals surface area contributed by atoms with Crippen molar-refractivity contribution in [2.75, 3.05) is 11.5 Å². The minimum Gasteiger partial charge on any atom is -0.474 e. The fraction of sp³-hybridized carbons (Fsp3) is 0.667. The van der Waals surface area contributed by atoms with Gasteiger partial charge in [-0.15, -0.1) is 11.3 Å². The van der Waals surface area contributed by atoms with Crippen LogP contribution in [0.15, 0.2) is 6.33 Å². The van der Waals surface area contributed by atoms with Crippen LogP contribution in [0.1, 0.15) is 61.8 Å². The molecule has 0 aromatic carbocycles. The Balaban J connectivity index is 1.69. The van der Waals surface area contributed by atoms with E-state index in [2.05, 4.69) is 9.97 Å². The van der Waals surface area contributed by atoms with Crippen molar-refractivity contribution in [2.45, 2.75) is 63.9 Å². The van der Waals surface area contributed by atoms with Gasteiger partial charge in [0.05, 0.1) is 5.39 Å². The monoisotopic (exact) mass is 364 g/mol. The smallest absolute Gasteiger partial charge is 0.225 e. The molecule has 2 aliphatic carbocycles. The van der Waals surface area contributed by atoms with E-state index in [-0.39, 0.29) is 6.10 Å². The first-order valence-corrected chi connectivity index (χ1v) is 11.3. The van der Waals surface area contributed by atoms with Gasteiger partial charge in [-0.25, -0.2) is 9.97 Å². The van der Waals surface area contributed by atoms with Gasteiger partial charge in [0.2, 0.25) is 5.88 Å². The molecule has 0 spiro atoms. The highest BCUT2D eigenvalue weighted by Gasteiger charge is 2.31. The standard InChI is InChI=1S/C18H24N2O2S2/c1-2-24(21)10-12-8-9-14-15(12)16-17(19-11-20-18(16)23-14)22-13-6-4-3-5-7-13/h11-13H,2-10H2,1H3/t12-,24?/m1/s1. The van der Waals surface area contributed by atoms with E-state index in [1.54, 1.807) is 17.7 Å². The van der Waals surface area contributed by atoms with Gasteiger partial charge in [-0.1, -0.05) is 13.3 Å². The number of aromatic nitrogens is 2. The summed E-state index contributed by atoms with van der Waals surface area (Å²) in [4.78, 5) is 11.4. The Labute approximate surface area is 149 Å². The molecular weight excluding hydrogens is 340 g/mol. The summed E-state index contributed by atoms with van der Waals surface area (Å²) in [6, 6.07) is 0. The molecule has 1 unspecified atom stereocenters. The van der Waals surface area contributed by atoms with Gasteiger partial charge in [0.25, 0.3) is 0 Å². The zero-order valence-electron chi connectivity index (χ0n) is 14.1. The third kappa shape index (κ3) is 3.10. The third-order valence-corrected chi connectivity index (χ3v) is 7.83. The number of hydrogen-bond donors (Lipinski definition) is 0. The number of aryl methyl sites for hydroxylation is 1. The highest BCUT2D eigenvalue weighted by Crippen LogP contribution is 2.46. The lowest BCUT2D eigenvalue weighted by Crippen LogP contribution is -2.20. The van der Waals surface area contributed by atoms with Gasteiger partial charge in [-0.05, 0) is 50.0 Å². The average molecular weight is 365 g/mol. The molecule has 0 N–H and O–H groups in total. The van der Waals surface area contributed by atoms with Crippen LogP contribution in [0.2, 0.25) is 0 Å². The molecule has 2 aliphatic rings. The molecule has 1 fully saturated rings. The van der Waals surface area contributed by atoms with Gasteiger partial charge in [0.15, 0.2) is 0 Å². The molecule has 4 rings (SSSR count). The molecule has 2 heterocycles. The van der Waals surface area contributed by atoms with Gasteiger partial charge < -0.3 is 4.74 Å². The maximum absolute atomic E-state index is 12.1. The molecule has 0 saturated heterocycles. The quantitative estimate of drug-likeness (QED) is 0.798. The van der Waals surface area contributed by atoms with Crippen molar-refractivity contribution in [3.63, 3.8) is 0 Å². The number of thiophene rings is 1. The first kappa shape index (κ1) is 16.5. The highest BCUT2D eigenvalue weighted by atomic mass is 32.2. The molecule has 2 aromatic heterocycles. The van der Waals surface area contributed by atoms with Crippen molar-refractivity contribution in [2.24, 2.45) is 0 Å². The molecule has 1 saturated carbocycles. The minimum absolute atomic E-state index is 0.289. The van der Waals surface area contributed by atoms with Crippen molar-refractivity contribution >= 4 is 32.4 Å². The lowest BCUT2D eigenvalue weighted by atomic mass is 9.98. The van der Waals surface area contributed by atoms with E-state index in [0.717, 1.165) is 53.3 Å². The molecule has 0 aliphatic heterocycles. The summed E-state index contributed by atoms with van der Waals surface area (Å²) in [7, 11) is -0.741. The molecule has 0 bridgehead atoms. The fourth-order valence-corrected chi connectivity index (χ4v) is 6.23. The molecule has 2 atom stereocenters. The van der Waals surface area contributed by atoms with Crippen molar-refractivity contribution in [3.8, 4) is 5.88 Å². The Morgan fingerprint density at radius 3 is 2.88 bits per heavy atom. The lowest BCUT2D eigenvalue weighted by Gasteiger charge is -2.23. The second-order valence-electron chi connectivity index (χ2n) is 6.81. The maximum atomic E-state index is 12.1. The van der Waals surface area contributed by atoms with Crippen LogP contribution in [0.3, 0.4) is 0 Å². The van der Waals surface area contributed by atoms with E-state index >= 15 is 0 Å². The number of rotatable bonds is 5. The van der Waals surface area contributed by atoms with Crippen LogP contribution in [-0.4, -0.2) is 31.8 Å². The van der Waals surface area contributed by atoms with Gasteiger partial charge in [0.1, 0.15) is 17.3 Å². The Bertz CT molecular complexity index is 753. The largest absolute Gasteiger partial charge is 0.474 e. The summed E-state index contributed by atoms with van der Waals surface area (Å²) in [5, 5.41) is 1.11. The van der Waals surface area contributed by atoms with Crippen LogP contribution in [0, 0.1) is 0 Å². The van der Waals surface area contributed by atoms with Crippen LogP contribution in [-0.2, 0) is 17.2 Å². The average Bonchev–Trinajstić information content (AvgIpc) is 3.16. The van der Waals surface area contributed by atoms with Gasteiger partial charge in [-0.2, -0.15) is 0 Å². The molecule has 24 heavy (non-hydrogen) atoms. The number of hydrogen-bond acceptors (Lipinski definition) is 5. The molecule has 6 heteroatoms. The predicted octanol–water partition coefficient (Wildman–Crippen LogP) is 4.20. The second-order valence-corrected chi connectivity index (χ2v) is 9.68. The zero-order valence-corrected chi connectivity index (χ0v) is 15.8. The Kier molecular flexibility index (Phi) is 4.86. The molecule has 2 aromatic rings. The minimum atomic E-state index is -0.741. The summed E-state index contributed by atoms with van der Waals surface area (Å²) < 4.78 is 18.4. The van der Waals surface area contributed by atoms with Crippen molar-refractivity contribution in [1.29, 1.82) is 0 Å². The van der Waals surface area contributed by atoms with Crippen LogP contribution >= 0.6 is 11.3 Å². The lowest BCUT2D eigenvalue weighted by molar-refractivity contribution is 0.150. The molecular formula is C18H24N2O2S2. The van der Waals surface area contributed by atoms with Crippen molar-refractivity contribution in [1.82, 2.24) is 9.97 Å². The Morgan fingerprint density at radius 1 is 1.25 bits per heavy atom. The van der Waals surface area contributed by atoms with E-state index in [0.29, 0.717) is 5.92 Å². The number of ether oxygens (including phenoxy) is 1. The summed E-state index contributed by atoms with van der Waals surface area (Å²) in [5.41, 5.74) is 1.34. The second kappa shape index (κ2) is 7.08. The maximum Gasteiger partial charge on any atom is 0.225 e. The normalized spacial score (nSPS) is 22.6. The van der Waals surface area contributed by atoms with E-state index in [1.165, 1.54) is 29.7 Å². The third-order valence-electron chi connectivity index (χ3n) is 5.23. The van der Waals surface area contributed by atoms with Gasteiger partial charge in [0, 0.05) is 27.2 Å². The Morgan fingerprint density at radius 2 is 2.08 bits per heavy atom. The summed E-state index contributed by atoms with van der Waals surface area (Å²) in [6.07, 6.45) is 10.2. The molecule has 4 nitrogen and oxygen atoms in total. The highest BCUT2D eigenvalue weighted by molar-refractivity contribution is 7.84. The number of nitrogens with zero attached hydrogens (tertiary/aromatic N) is 2. The van der Waals surface area contributed by atoms with Crippen LogP contribution in [0.25, 0.3) is 10.2 Å². The molecule has 0 amide bonds. The van der Waals surface area contributed by atoms with Crippen LogP contribution < -0.4 is 4.74 Å². The van der Waals surface area contributed by atoms with E-state index in [1.807, 2.05) is 6.92 Å². The van der Waals surface area contributed by atoms with Crippen LogP contribution in [0.4, 0.5) is 0 Å². The zero-order chi connectivity index (χ0) is 16.5. The van der Waals surface area contributed by atoms with Crippen molar-refractivity contribution < 1.29 is 8.95 Å². The summed E-state index contributed by atoms with van der Waals surface area (Å²) in [5.74, 6) is 2.62. The topological polar surface area (TPSA) is 52.1 Å². The first-order chi connectivity index (χ1) is 11.8. The molecule has 130 valence electrons. The fourth-order valence-electron chi connectivity index (χ4n) is 3.98. The summed E-state index contributed by atoms with van der Waals surface area (Å²) in [6.45, 7) is 2.00. The molecule has 0 radical (unpaired) electrons. The first-order valence-electron chi connectivity index (χ1n) is 9.04. The van der Waals surface area contributed by atoms with Gasteiger partial charge >= 0.3 is 0 Å².